The maximum Gasteiger partial charge on any atom is 0.202 e. The van der Waals surface area contributed by atoms with E-state index in [2.05, 4.69) is 0 Å². The lowest BCUT2D eigenvalue weighted by molar-refractivity contribution is 0.340. The quantitative estimate of drug-likeness (QED) is 0.262. The lowest BCUT2D eigenvalue weighted by Crippen LogP contribution is -2.09. The van der Waals surface area contributed by atoms with Crippen molar-refractivity contribution in [3.63, 3.8) is 0 Å². The Morgan fingerprint density at radius 2 is 1.72 bits per heavy atom. The fourth-order valence-electron chi connectivity index (χ4n) is 4.14. The van der Waals surface area contributed by atoms with Crippen LogP contribution >= 0.6 is 0 Å². The number of hydrogen-bond donors (Lipinski definition) is 0. The molecule has 0 saturated heterocycles. The Kier molecular flexibility index (Phi) is 6.41. The van der Waals surface area contributed by atoms with E-state index in [0.29, 0.717) is 51.8 Å². The van der Waals surface area contributed by atoms with E-state index in [4.69, 9.17) is 23.6 Å². The first-order chi connectivity index (χ1) is 17.6. The van der Waals surface area contributed by atoms with E-state index in [1.165, 1.54) is 0 Å². The summed E-state index contributed by atoms with van der Waals surface area (Å²) in [7, 11) is 3.18. The second-order valence-electron chi connectivity index (χ2n) is 8.10. The molecule has 5 aromatic rings. The number of benzene rings is 3. The van der Waals surface area contributed by atoms with E-state index in [9.17, 15) is 4.79 Å². The first-order valence-corrected chi connectivity index (χ1v) is 11.6. The number of hydrogen-bond acceptors (Lipinski definition) is 6. The molecule has 0 amide bonds. The Bertz CT molecular complexity index is 1650. The lowest BCUT2D eigenvalue weighted by Gasteiger charge is -2.10. The van der Waals surface area contributed by atoms with Gasteiger partial charge in [0.25, 0.3) is 0 Å². The first kappa shape index (κ1) is 23.2. The summed E-state index contributed by atoms with van der Waals surface area (Å²) in [4.78, 5) is 18.5. The van der Waals surface area contributed by atoms with Crippen LogP contribution in [0.25, 0.3) is 45.3 Å². The molecule has 3 aromatic carbocycles. The van der Waals surface area contributed by atoms with Crippen molar-refractivity contribution in [2.45, 2.75) is 6.92 Å². The molecule has 0 unspecified atom stereocenters. The molecule has 180 valence electrons. The molecule has 0 atom stereocenters. The average molecular weight is 480 g/mol. The number of pyridine rings is 1. The fraction of sp³-hybridized carbons (Fsp3) is 0.133. The third-order valence-corrected chi connectivity index (χ3v) is 5.89. The van der Waals surface area contributed by atoms with Crippen molar-refractivity contribution in [1.29, 1.82) is 0 Å². The van der Waals surface area contributed by atoms with Gasteiger partial charge in [-0.15, -0.1) is 0 Å². The second-order valence-corrected chi connectivity index (χ2v) is 8.10. The van der Waals surface area contributed by atoms with Crippen LogP contribution in [0.5, 0.6) is 17.2 Å². The van der Waals surface area contributed by atoms with Crippen LogP contribution in [-0.2, 0) is 0 Å². The Balaban J connectivity index is 1.70. The van der Waals surface area contributed by atoms with E-state index in [1.54, 1.807) is 38.5 Å². The van der Waals surface area contributed by atoms with Gasteiger partial charge in [-0.2, -0.15) is 0 Å². The maximum atomic E-state index is 13.7. The fourth-order valence-corrected chi connectivity index (χ4v) is 4.14. The van der Waals surface area contributed by atoms with E-state index in [-0.39, 0.29) is 5.43 Å². The molecule has 2 heterocycles. The molecule has 0 aliphatic rings. The third-order valence-electron chi connectivity index (χ3n) is 5.89. The van der Waals surface area contributed by atoms with Crippen molar-refractivity contribution in [2.75, 3.05) is 20.8 Å². The number of fused-ring (bicyclic) bond motifs is 2. The first-order valence-electron chi connectivity index (χ1n) is 11.6. The van der Waals surface area contributed by atoms with Crippen molar-refractivity contribution in [3.05, 3.63) is 94.3 Å². The molecule has 0 aliphatic heterocycles. The zero-order valence-corrected chi connectivity index (χ0v) is 20.3. The number of nitrogens with zero attached hydrogens (tertiary/aromatic N) is 1. The van der Waals surface area contributed by atoms with Crippen molar-refractivity contribution >= 4 is 34.0 Å². The summed E-state index contributed by atoms with van der Waals surface area (Å²) >= 11 is 0. The molecule has 0 saturated carbocycles. The Hall–Kier alpha value is -4.58. The van der Waals surface area contributed by atoms with E-state index < -0.39 is 0 Å². The van der Waals surface area contributed by atoms with Crippen LogP contribution in [-0.4, -0.2) is 25.8 Å². The van der Waals surface area contributed by atoms with Crippen LogP contribution in [0.3, 0.4) is 0 Å². The van der Waals surface area contributed by atoms with Gasteiger partial charge in [0.15, 0.2) is 11.5 Å². The van der Waals surface area contributed by atoms with E-state index >= 15 is 0 Å². The highest BCUT2D eigenvalue weighted by atomic mass is 16.5. The number of rotatable bonds is 7. The molecule has 0 N–H and O–H groups in total. The van der Waals surface area contributed by atoms with Crippen LogP contribution in [0.4, 0.5) is 0 Å². The summed E-state index contributed by atoms with van der Waals surface area (Å²) in [6.45, 7) is 2.42. The van der Waals surface area contributed by atoms with Gasteiger partial charge in [-0.05, 0) is 55.0 Å². The van der Waals surface area contributed by atoms with Gasteiger partial charge in [0.1, 0.15) is 17.1 Å². The molecular formula is C30H25NO5. The second kappa shape index (κ2) is 9.96. The van der Waals surface area contributed by atoms with Crippen LogP contribution in [0.15, 0.2) is 82.0 Å². The minimum Gasteiger partial charge on any atom is -0.494 e. The number of para-hydroxylation sites is 1. The van der Waals surface area contributed by atoms with Gasteiger partial charge >= 0.3 is 0 Å². The molecular weight excluding hydrogens is 454 g/mol. The van der Waals surface area contributed by atoms with Crippen LogP contribution < -0.4 is 19.6 Å². The molecule has 6 heteroatoms. The normalized spacial score (nSPS) is 11.3. The highest BCUT2D eigenvalue weighted by Gasteiger charge is 2.17. The largest absolute Gasteiger partial charge is 0.494 e. The van der Waals surface area contributed by atoms with E-state index in [0.717, 1.165) is 16.5 Å². The summed E-state index contributed by atoms with van der Waals surface area (Å²) in [6.07, 6.45) is 3.64. The smallest absolute Gasteiger partial charge is 0.202 e. The molecule has 5 rings (SSSR count). The van der Waals surface area contributed by atoms with Gasteiger partial charge in [-0.3, -0.25) is 4.79 Å². The molecule has 2 aromatic heterocycles. The predicted molar refractivity (Wildman–Crippen MR) is 143 cm³/mol. The summed E-state index contributed by atoms with van der Waals surface area (Å²) in [5.74, 6) is 2.28. The topological polar surface area (TPSA) is 70.8 Å². The summed E-state index contributed by atoms with van der Waals surface area (Å²) in [5.41, 5.74) is 2.89. The maximum absolute atomic E-state index is 13.7. The van der Waals surface area contributed by atoms with Crippen molar-refractivity contribution in [3.8, 4) is 28.5 Å². The highest BCUT2D eigenvalue weighted by molar-refractivity contribution is 5.89. The van der Waals surface area contributed by atoms with Gasteiger partial charge in [-0.25, -0.2) is 4.98 Å². The summed E-state index contributed by atoms with van der Waals surface area (Å²) < 4.78 is 22.7. The molecule has 0 spiro atoms. The van der Waals surface area contributed by atoms with Gasteiger partial charge in [-0.1, -0.05) is 36.4 Å². The zero-order chi connectivity index (χ0) is 25.1. The van der Waals surface area contributed by atoms with Crippen molar-refractivity contribution in [1.82, 2.24) is 4.98 Å². The Morgan fingerprint density at radius 1 is 0.889 bits per heavy atom. The average Bonchev–Trinajstić information content (AvgIpc) is 2.91. The zero-order valence-electron chi connectivity index (χ0n) is 20.3. The minimum absolute atomic E-state index is 0.158. The minimum atomic E-state index is -0.158. The van der Waals surface area contributed by atoms with Crippen molar-refractivity contribution < 1.29 is 18.6 Å². The van der Waals surface area contributed by atoms with Gasteiger partial charge in [0.2, 0.25) is 5.43 Å². The Morgan fingerprint density at radius 3 is 2.53 bits per heavy atom. The highest BCUT2D eigenvalue weighted by Crippen LogP contribution is 2.31. The number of ether oxygens (including phenoxy) is 3. The molecule has 6 nitrogen and oxygen atoms in total. The number of aromatic nitrogens is 1. The van der Waals surface area contributed by atoms with E-state index in [1.807, 2.05) is 67.6 Å². The molecule has 0 bridgehead atoms. The van der Waals surface area contributed by atoms with Crippen LogP contribution in [0, 0.1) is 0 Å². The SMILES string of the molecule is CCOc1ccc2c(=O)c(-c3ccc4ccccc4n3)c(/C=C/c3ccc(OC)c(OC)c3)oc2c1. The molecule has 36 heavy (non-hydrogen) atoms. The van der Waals surface area contributed by atoms with Gasteiger partial charge < -0.3 is 18.6 Å². The van der Waals surface area contributed by atoms with Gasteiger partial charge in [0, 0.05) is 11.5 Å². The third kappa shape index (κ3) is 4.41. The summed E-state index contributed by atoms with van der Waals surface area (Å²) in [5, 5.41) is 1.46. The molecule has 0 radical (unpaired) electrons. The van der Waals surface area contributed by atoms with Crippen LogP contribution in [0.1, 0.15) is 18.2 Å². The lowest BCUT2D eigenvalue weighted by atomic mass is 10.0. The molecule has 0 fully saturated rings. The van der Waals surface area contributed by atoms with Crippen LogP contribution in [0.2, 0.25) is 0 Å². The van der Waals surface area contributed by atoms with Crippen molar-refractivity contribution in [2.24, 2.45) is 0 Å². The number of methoxy groups -OCH3 is 2. The predicted octanol–water partition coefficient (Wildman–Crippen LogP) is 6.59. The standard InChI is InChI=1S/C30H25NO5/c1-4-35-21-12-13-22-27(18-21)36-26(16-10-19-9-15-25(33-2)28(17-19)34-3)29(30(22)32)24-14-11-20-7-5-6-8-23(20)31-24/h5-18H,4H2,1-3H3/b16-10+. The van der Waals surface area contributed by atoms with Gasteiger partial charge in [0.05, 0.1) is 43.0 Å². The monoisotopic (exact) mass is 479 g/mol. The summed E-state index contributed by atoms with van der Waals surface area (Å²) in [6, 6.07) is 22.4. The molecule has 0 aliphatic carbocycles. The Labute approximate surface area is 208 Å².